The van der Waals surface area contributed by atoms with Crippen LogP contribution in [0.3, 0.4) is 0 Å². The summed E-state index contributed by atoms with van der Waals surface area (Å²) in [5.41, 5.74) is 10.0. The Labute approximate surface area is 253 Å². The van der Waals surface area contributed by atoms with Gasteiger partial charge in [-0.25, -0.2) is 0 Å². The molecule has 1 heteroatoms. The molecule has 0 spiro atoms. The molecule has 0 N–H and O–H groups in total. The van der Waals surface area contributed by atoms with Gasteiger partial charge in [0.15, 0.2) is 5.78 Å². The van der Waals surface area contributed by atoms with Crippen LogP contribution in [0.4, 0.5) is 0 Å². The van der Waals surface area contributed by atoms with Gasteiger partial charge in [0.05, 0.1) is 0 Å². The van der Waals surface area contributed by atoms with E-state index in [0.717, 1.165) is 37.7 Å². The third kappa shape index (κ3) is 16.0. The van der Waals surface area contributed by atoms with E-state index in [0.29, 0.717) is 12.2 Å². The lowest BCUT2D eigenvalue weighted by molar-refractivity contribution is -0.116. The van der Waals surface area contributed by atoms with E-state index in [1.807, 2.05) is 6.92 Å². The predicted octanol–water partition coefficient (Wildman–Crippen LogP) is 12.2. The molecule has 0 aromatic heterocycles. The van der Waals surface area contributed by atoms with Gasteiger partial charge in [-0.05, 0) is 104 Å². The molecule has 0 saturated carbocycles. The van der Waals surface area contributed by atoms with Gasteiger partial charge in [0.1, 0.15) is 0 Å². The number of carbonyl (C=O) groups excluding carboxylic acids is 1. The molecule has 1 aliphatic carbocycles. The van der Waals surface area contributed by atoms with Crippen LogP contribution in [0, 0.1) is 5.41 Å². The summed E-state index contributed by atoms with van der Waals surface area (Å²) < 4.78 is 0. The van der Waals surface area contributed by atoms with E-state index in [1.165, 1.54) is 39.0 Å². The Hall–Kier alpha value is -3.19. The number of ketones is 1. The zero-order chi connectivity index (χ0) is 30.8. The highest BCUT2D eigenvalue weighted by atomic mass is 16.1. The smallest absolute Gasteiger partial charge is 0.158 e. The molecule has 0 radical (unpaired) electrons. The van der Waals surface area contributed by atoms with Crippen LogP contribution in [0.25, 0.3) is 0 Å². The van der Waals surface area contributed by atoms with Gasteiger partial charge in [-0.3, -0.25) is 4.79 Å². The molecule has 0 aliphatic heterocycles. The fraction of sp³-hybridized carbons (Fsp3) is 0.425. The van der Waals surface area contributed by atoms with Crippen molar-refractivity contribution in [1.29, 1.82) is 0 Å². The van der Waals surface area contributed by atoms with Crippen molar-refractivity contribution in [2.45, 2.75) is 108 Å². The largest absolute Gasteiger partial charge is 0.295 e. The van der Waals surface area contributed by atoms with E-state index >= 15 is 0 Å². The molecular weight excluding hydrogens is 496 g/mol. The predicted molar refractivity (Wildman–Crippen MR) is 184 cm³/mol. The third-order valence-corrected chi connectivity index (χ3v) is 7.45. The van der Waals surface area contributed by atoms with Crippen molar-refractivity contribution < 1.29 is 4.79 Å². The van der Waals surface area contributed by atoms with Crippen molar-refractivity contribution >= 4 is 5.78 Å². The number of rotatable bonds is 14. The van der Waals surface area contributed by atoms with Gasteiger partial charge >= 0.3 is 0 Å². The number of allylic oxidation sites excluding steroid dienone is 22. The molecule has 0 amide bonds. The van der Waals surface area contributed by atoms with Gasteiger partial charge in [0.2, 0.25) is 0 Å². The first-order chi connectivity index (χ1) is 19.3. The van der Waals surface area contributed by atoms with Crippen LogP contribution in [-0.2, 0) is 4.79 Å². The van der Waals surface area contributed by atoms with Crippen molar-refractivity contribution in [3.63, 3.8) is 0 Å². The average molecular weight is 553 g/mol. The van der Waals surface area contributed by atoms with Gasteiger partial charge in [-0.15, -0.1) is 0 Å². The van der Waals surface area contributed by atoms with Crippen LogP contribution in [0.1, 0.15) is 108 Å². The Morgan fingerprint density at radius 3 is 1.80 bits per heavy atom. The Morgan fingerprint density at radius 2 is 1.20 bits per heavy atom. The van der Waals surface area contributed by atoms with E-state index in [-0.39, 0.29) is 5.41 Å². The van der Waals surface area contributed by atoms with Gasteiger partial charge < -0.3 is 0 Å². The Morgan fingerprint density at radius 1 is 0.683 bits per heavy atom. The van der Waals surface area contributed by atoms with Gasteiger partial charge in [-0.1, -0.05) is 132 Å². The fourth-order valence-electron chi connectivity index (χ4n) is 4.58. The van der Waals surface area contributed by atoms with Crippen LogP contribution < -0.4 is 0 Å². The molecule has 0 saturated heterocycles. The summed E-state index contributed by atoms with van der Waals surface area (Å²) in [7, 11) is 0. The van der Waals surface area contributed by atoms with E-state index < -0.39 is 0 Å². The molecule has 0 unspecified atom stereocenters. The summed E-state index contributed by atoms with van der Waals surface area (Å²) in [6.07, 6.45) is 36.2. The van der Waals surface area contributed by atoms with E-state index in [9.17, 15) is 4.79 Å². The standard InChI is InChI=1S/C40H56O/c1-31(2)17-13-20-34(5)23-15-25-35(6)24-14-21-32(3)18-11-12-19-33(4)22-16-26-36(7)27-28-38-37(8)39(41)29-30-40(38,9)10/h11-12,14-15,17-19,21,23-28H,13,16,20,22,29-30H2,1-10H3/b12-11+,21-14+,25-15-,28-27+,32-18+,33-19+,34-23-,35-24+,36-26+. The number of carbonyl (C=O) groups is 1. The SMILES string of the molecule is CC(C)=CCC\C(C)=C/C=C\C(C)=C\C=C\C(C)=C\C=C\C=C(/C)CC/C=C(C)/C=C/C1=C(C)C(=O)CCC1(C)C. The zero-order valence-electron chi connectivity index (χ0n) is 27.7. The minimum Gasteiger partial charge on any atom is -0.295 e. The fourth-order valence-corrected chi connectivity index (χ4v) is 4.58. The highest BCUT2D eigenvalue weighted by molar-refractivity contribution is 5.97. The van der Waals surface area contributed by atoms with E-state index in [1.54, 1.807) is 0 Å². The minimum absolute atomic E-state index is 0.0674. The second-order valence-electron chi connectivity index (χ2n) is 12.4. The summed E-state index contributed by atoms with van der Waals surface area (Å²) in [4.78, 5) is 12.2. The van der Waals surface area contributed by atoms with E-state index in [4.69, 9.17) is 0 Å². The lowest BCUT2D eigenvalue weighted by atomic mass is 9.72. The molecule has 1 aliphatic rings. The zero-order valence-corrected chi connectivity index (χ0v) is 27.7. The Kier molecular flexibility index (Phi) is 16.6. The van der Waals surface area contributed by atoms with Gasteiger partial charge in [0.25, 0.3) is 0 Å². The number of hydrogen-bond donors (Lipinski definition) is 0. The van der Waals surface area contributed by atoms with Crippen molar-refractivity contribution in [1.82, 2.24) is 0 Å². The van der Waals surface area contributed by atoms with Crippen LogP contribution >= 0.6 is 0 Å². The highest BCUT2D eigenvalue weighted by Gasteiger charge is 2.30. The normalized spacial score (nSPS) is 18.2. The lowest BCUT2D eigenvalue weighted by Crippen LogP contribution is -2.24. The second kappa shape index (κ2) is 19.0. The first kappa shape index (κ1) is 35.8. The quantitative estimate of drug-likeness (QED) is 0.155. The van der Waals surface area contributed by atoms with Crippen LogP contribution in [0.15, 0.2) is 130 Å². The lowest BCUT2D eigenvalue weighted by Gasteiger charge is -2.32. The second-order valence-corrected chi connectivity index (χ2v) is 12.4. The van der Waals surface area contributed by atoms with Crippen molar-refractivity contribution in [3.8, 4) is 0 Å². The summed E-state index contributed by atoms with van der Waals surface area (Å²) >= 11 is 0. The maximum absolute atomic E-state index is 12.2. The van der Waals surface area contributed by atoms with Crippen molar-refractivity contribution in [2.24, 2.45) is 5.41 Å². The summed E-state index contributed by atoms with van der Waals surface area (Å²) in [5, 5.41) is 0. The van der Waals surface area contributed by atoms with Crippen LogP contribution in [0.5, 0.6) is 0 Å². The topological polar surface area (TPSA) is 17.1 Å². The Balaban J connectivity index is 2.54. The molecule has 0 atom stereocenters. The summed E-state index contributed by atoms with van der Waals surface area (Å²) in [6.45, 7) is 21.5. The Bertz CT molecular complexity index is 1220. The van der Waals surface area contributed by atoms with Crippen molar-refractivity contribution in [2.75, 3.05) is 0 Å². The van der Waals surface area contributed by atoms with E-state index in [2.05, 4.69) is 147 Å². The van der Waals surface area contributed by atoms with Crippen LogP contribution in [-0.4, -0.2) is 5.78 Å². The van der Waals surface area contributed by atoms with Gasteiger partial charge in [-0.2, -0.15) is 0 Å². The first-order valence-electron chi connectivity index (χ1n) is 15.2. The summed E-state index contributed by atoms with van der Waals surface area (Å²) in [6, 6.07) is 0. The van der Waals surface area contributed by atoms with Crippen molar-refractivity contribution in [3.05, 3.63) is 130 Å². The number of Topliss-reactive ketones (excluding diaryl/α,β-unsaturated/α-hetero) is 1. The molecule has 1 nitrogen and oxygen atoms in total. The summed E-state index contributed by atoms with van der Waals surface area (Å²) in [5.74, 6) is 0.292. The molecule has 0 heterocycles. The van der Waals surface area contributed by atoms with Gasteiger partial charge in [0, 0.05) is 6.42 Å². The maximum atomic E-state index is 12.2. The molecule has 0 fully saturated rings. The third-order valence-electron chi connectivity index (χ3n) is 7.45. The number of hydrogen-bond acceptors (Lipinski definition) is 1. The molecule has 0 aromatic carbocycles. The highest BCUT2D eigenvalue weighted by Crippen LogP contribution is 2.39. The molecular formula is C40H56O. The molecule has 0 aromatic rings. The molecule has 222 valence electrons. The maximum Gasteiger partial charge on any atom is 0.158 e. The molecule has 0 bridgehead atoms. The van der Waals surface area contributed by atoms with Crippen LogP contribution in [0.2, 0.25) is 0 Å². The molecule has 41 heavy (non-hydrogen) atoms. The minimum atomic E-state index is 0.0674. The average Bonchev–Trinajstić information content (AvgIpc) is 2.88. The molecule has 1 rings (SSSR count). The first-order valence-corrected chi connectivity index (χ1v) is 15.2. The monoisotopic (exact) mass is 552 g/mol.